The average Bonchev–Trinajstić information content (AvgIpc) is 3.26. The molecule has 33 heavy (non-hydrogen) atoms. The fourth-order valence-corrected chi connectivity index (χ4v) is 6.18. The summed E-state index contributed by atoms with van der Waals surface area (Å²) in [5.41, 5.74) is -0.488. The van der Waals surface area contributed by atoms with E-state index in [-0.39, 0.29) is 24.3 Å². The number of anilines is 1. The molecule has 2 heterocycles. The number of para-hydroxylation sites is 1. The Morgan fingerprint density at radius 2 is 1.82 bits per heavy atom. The van der Waals surface area contributed by atoms with Crippen LogP contribution in [0.25, 0.3) is 0 Å². The Morgan fingerprint density at radius 1 is 1.15 bits per heavy atom. The Kier molecular flexibility index (Phi) is 5.96. The lowest BCUT2D eigenvalue weighted by Crippen LogP contribution is -2.49. The number of sulfone groups is 1. The quantitative estimate of drug-likeness (QED) is 0.648. The molecular formula is C23H24FN3O5S. The van der Waals surface area contributed by atoms with E-state index in [1.54, 1.807) is 37.3 Å². The molecule has 0 unspecified atom stereocenters. The first kappa shape index (κ1) is 22.9. The highest BCUT2D eigenvalue weighted by Gasteiger charge is 2.52. The van der Waals surface area contributed by atoms with Crippen LogP contribution in [-0.4, -0.2) is 55.3 Å². The first-order valence-electron chi connectivity index (χ1n) is 10.6. The first-order valence-corrected chi connectivity index (χ1v) is 12.5. The van der Waals surface area contributed by atoms with Gasteiger partial charge in [-0.1, -0.05) is 37.3 Å². The monoisotopic (exact) mass is 473 g/mol. The van der Waals surface area contributed by atoms with Crippen molar-refractivity contribution in [3.05, 3.63) is 66.0 Å². The Labute approximate surface area is 191 Å². The molecule has 2 aliphatic rings. The summed E-state index contributed by atoms with van der Waals surface area (Å²) < 4.78 is 37.5. The zero-order chi connectivity index (χ0) is 23.8. The number of benzene rings is 2. The van der Waals surface area contributed by atoms with Gasteiger partial charge in [0, 0.05) is 5.69 Å². The topological polar surface area (TPSA) is 104 Å². The maximum absolute atomic E-state index is 13.4. The molecule has 0 spiro atoms. The zero-order valence-corrected chi connectivity index (χ0v) is 18.8. The van der Waals surface area contributed by atoms with Crippen LogP contribution in [0.3, 0.4) is 0 Å². The molecular weight excluding hydrogens is 449 g/mol. The normalized spacial score (nSPS) is 24.1. The third-order valence-corrected chi connectivity index (χ3v) is 7.96. The minimum absolute atomic E-state index is 0.0269. The van der Waals surface area contributed by atoms with Crippen LogP contribution in [0.2, 0.25) is 0 Å². The number of carbonyl (C=O) groups is 3. The smallest absolute Gasteiger partial charge is 0.319 e. The molecule has 1 N–H and O–H groups in total. The van der Waals surface area contributed by atoms with E-state index in [1.807, 2.05) is 0 Å². The van der Waals surface area contributed by atoms with Gasteiger partial charge in [-0.2, -0.15) is 0 Å². The van der Waals surface area contributed by atoms with E-state index in [0.717, 1.165) is 4.90 Å². The van der Waals surface area contributed by atoms with Gasteiger partial charge in [0.05, 0.1) is 17.5 Å². The molecule has 0 bridgehead atoms. The molecule has 4 rings (SSSR count). The molecule has 4 amide bonds. The van der Waals surface area contributed by atoms with Gasteiger partial charge in [-0.05, 0) is 42.7 Å². The Bertz CT molecular complexity index is 1190. The molecule has 2 aromatic rings. The summed E-state index contributed by atoms with van der Waals surface area (Å²) in [5, 5.41) is 2.67. The van der Waals surface area contributed by atoms with Gasteiger partial charge in [0.15, 0.2) is 9.84 Å². The Balaban J connectivity index is 1.62. The van der Waals surface area contributed by atoms with Crippen LogP contribution in [-0.2, 0) is 25.0 Å². The fraction of sp³-hybridized carbons (Fsp3) is 0.348. The van der Waals surface area contributed by atoms with Crippen molar-refractivity contribution in [1.82, 2.24) is 10.2 Å². The molecule has 10 heteroatoms. The predicted molar refractivity (Wildman–Crippen MR) is 120 cm³/mol. The number of urea groups is 1. The Morgan fingerprint density at radius 3 is 2.39 bits per heavy atom. The van der Waals surface area contributed by atoms with Crippen LogP contribution in [0.5, 0.6) is 0 Å². The van der Waals surface area contributed by atoms with Crippen LogP contribution in [0, 0.1) is 5.82 Å². The van der Waals surface area contributed by atoms with Gasteiger partial charge in [0.2, 0.25) is 5.91 Å². The molecule has 2 fully saturated rings. The van der Waals surface area contributed by atoms with Crippen molar-refractivity contribution < 1.29 is 27.2 Å². The number of hydrogen-bond acceptors (Lipinski definition) is 5. The number of nitrogens with zero attached hydrogens (tertiary/aromatic N) is 2. The van der Waals surface area contributed by atoms with Gasteiger partial charge in [0.1, 0.15) is 17.9 Å². The highest BCUT2D eigenvalue weighted by Crippen LogP contribution is 2.33. The van der Waals surface area contributed by atoms with Gasteiger partial charge in [-0.15, -0.1) is 0 Å². The lowest BCUT2D eigenvalue weighted by atomic mass is 9.87. The van der Waals surface area contributed by atoms with Crippen molar-refractivity contribution in [3.8, 4) is 0 Å². The summed E-state index contributed by atoms with van der Waals surface area (Å²) in [6.07, 6.45) is 0.481. The number of imide groups is 1. The van der Waals surface area contributed by atoms with E-state index in [0.29, 0.717) is 11.3 Å². The van der Waals surface area contributed by atoms with E-state index < -0.39 is 51.6 Å². The number of halogens is 1. The van der Waals surface area contributed by atoms with Gasteiger partial charge in [-0.3, -0.25) is 14.5 Å². The third kappa shape index (κ3) is 4.22. The SMILES string of the molecule is CC[C@]1(c2ccc(F)cc2)NC(=O)N(CC(=O)N(c2ccccc2)[C@H]2CCS(=O)(=O)C2)C1=O. The standard InChI is InChI=1S/C23H24FN3O5S/c1-2-23(16-8-10-17(24)11-9-16)21(29)26(22(30)25-23)14-20(28)27(18-6-4-3-5-7-18)19-12-13-33(31,32)15-19/h3-11,19H,2,12-15H2,1H3,(H,25,30)/t19-,23+/m0/s1. The summed E-state index contributed by atoms with van der Waals surface area (Å²) in [4.78, 5) is 41.7. The summed E-state index contributed by atoms with van der Waals surface area (Å²) >= 11 is 0. The second-order valence-electron chi connectivity index (χ2n) is 8.24. The number of hydrogen-bond donors (Lipinski definition) is 1. The highest BCUT2D eigenvalue weighted by atomic mass is 32.2. The number of nitrogens with one attached hydrogen (secondary N) is 1. The number of carbonyl (C=O) groups excluding carboxylic acids is 3. The van der Waals surface area contributed by atoms with Gasteiger partial charge in [0.25, 0.3) is 5.91 Å². The lowest BCUT2D eigenvalue weighted by molar-refractivity contribution is -0.134. The number of amides is 4. The van der Waals surface area contributed by atoms with Crippen molar-refractivity contribution in [2.45, 2.75) is 31.3 Å². The minimum atomic E-state index is -3.28. The maximum Gasteiger partial charge on any atom is 0.325 e. The predicted octanol–water partition coefficient (Wildman–Crippen LogP) is 2.20. The van der Waals surface area contributed by atoms with E-state index >= 15 is 0 Å². The van der Waals surface area contributed by atoms with E-state index in [2.05, 4.69) is 5.32 Å². The van der Waals surface area contributed by atoms with Crippen LogP contribution in [0.4, 0.5) is 14.9 Å². The summed E-state index contributed by atoms with van der Waals surface area (Å²) in [5.74, 6) is -1.85. The second-order valence-corrected chi connectivity index (χ2v) is 10.5. The fourth-order valence-electron chi connectivity index (χ4n) is 4.48. The summed E-state index contributed by atoms with van der Waals surface area (Å²) in [6, 6.07) is 12.6. The molecule has 0 aromatic heterocycles. The largest absolute Gasteiger partial charge is 0.325 e. The van der Waals surface area contributed by atoms with Crippen molar-refractivity contribution >= 4 is 33.4 Å². The molecule has 0 aliphatic carbocycles. The average molecular weight is 474 g/mol. The van der Waals surface area contributed by atoms with Crippen molar-refractivity contribution in [2.75, 3.05) is 23.0 Å². The Hall–Kier alpha value is -3.27. The molecule has 2 aromatic carbocycles. The molecule has 2 atom stereocenters. The van der Waals surface area contributed by atoms with E-state index in [4.69, 9.17) is 0 Å². The molecule has 2 aliphatic heterocycles. The highest BCUT2D eigenvalue weighted by molar-refractivity contribution is 7.91. The molecule has 0 radical (unpaired) electrons. The van der Waals surface area contributed by atoms with Crippen LogP contribution in [0.1, 0.15) is 25.3 Å². The molecule has 2 saturated heterocycles. The molecule has 174 valence electrons. The molecule has 8 nitrogen and oxygen atoms in total. The molecule has 0 saturated carbocycles. The second kappa shape index (κ2) is 8.58. The van der Waals surface area contributed by atoms with Crippen molar-refractivity contribution in [2.24, 2.45) is 0 Å². The van der Waals surface area contributed by atoms with Crippen molar-refractivity contribution in [1.29, 1.82) is 0 Å². The first-order chi connectivity index (χ1) is 15.7. The maximum atomic E-state index is 13.4. The number of rotatable bonds is 6. The van der Waals surface area contributed by atoms with Crippen LogP contribution < -0.4 is 10.2 Å². The van der Waals surface area contributed by atoms with Gasteiger partial charge in [-0.25, -0.2) is 17.6 Å². The summed E-state index contributed by atoms with van der Waals surface area (Å²) in [7, 11) is -3.28. The van der Waals surface area contributed by atoms with Gasteiger partial charge >= 0.3 is 6.03 Å². The summed E-state index contributed by atoms with van der Waals surface area (Å²) in [6.45, 7) is 1.17. The minimum Gasteiger partial charge on any atom is -0.319 e. The third-order valence-electron chi connectivity index (χ3n) is 6.21. The van der Waals surface area contributed by atoms with Crippen LogP contribution in [0.15, 0.2) is 54.6 Å². The van der Waals surface area contributed by atoms with Gasteiger partial charge < -0.3 is 10.2 Å². The van der Waals surface area contributed by atoms with Crippen LogP contribution >= 0.6 is 0 Å². The van der Waals surface area contributed by atoms with E-state index in [9.17, 15) is 27.2 Å². The van der Waals surface area contributed by atoms with E-state index in [1.165, 1.54) is 29.2 Å². The zero-order valence-electron chi connectivity index (χ0n) is 18.0. The lowest BCUT2D eigenvalue weighted by Gasteiger charge is -2.30. The van der Waals surface area contributed by atoms with Crippen molar-refractivity contribution in [3.63, 3.8) is 0 Å².